The summed E-state index contributed by atoms with van der Waals surface area (Å²) in [5.74, 6) is -0.200. The van der Waals surface area contributed by atoms with Crippen molar-refractivity contribution in [2.45, 2.75) is 19.4 Å². The van der Waals surface area contributed by atoms with Crippen molar-refractivity contribution in [1.29, 1.82) is 5.26 Å². The van der Waals surface area contributed by atoms with Gasteiger partial charge in [0.05, 0.1) is 26.2 Å². The van der Waals surface area contributed by atoms with Crippen LogP contribution in [0.2, 0.25) is 0 Å². The molecule has 1 saturated heterocycles. The van der Waals surface area contributed by atoms with E-state index in [1.807, 2.05) is 26.0 Å². The van der Waals surface area contributed by atoms with Crippen molar-refractivity contribution in [3.8, 4) is 6.07 Å². The fourth-order valence-electron chi connectivity index (χ4n) is 2.39. The quantitative estimate of drug-likeness (QED) is 0.840. The average molecular weight is 248 g/mol. The minimum absolute atomic E-state index is 0.200. The van der Waals surface area contributed by atoms with Crippen LogP contribution in [-0.2, 0) is 0 Å². The number of quaternary nitrogens is 1. The summed E-state index contributed by atoms with van der Waals surface area (Å²) in [5, 5.41) is 9.13. The van der Waals surface area contributed by atoms with Crippen molar-refractivity contribution in [1.82, 2.24) is 0 Å². The Kier molecular flexibility index (Phi) is 3.53. The number of nitriles is 1. The van der Waals surface area contributed by atoms with Crippen LogP contribution in [0.25, 0.3) is 0 Å². The van der Waals surface area contributed by atoms with E-state index in [-0.39, 0.29) is 11.4 Å². The third-order valence-electron chi connectivity index (χ3n) is 3.72. The Hall–Kier alpha value is -1.60. The predicted octanol–water partition coefficient (Wildman–Crippen LogP) is 0.833. The lowest BCUT2D eigenvalue weighted by atomic mass is 10.0. The molecule has 0 atom stereocenters. The van der Waals surface area contributed by atoms with Crippen LogP contribution < -0.4 is 9.80 Å². The molecule has 3 nitrogen and oxygen atoms in total. The van der Waals surface area contributed by atoms with E-state index in [2.05, 4.69) is 11.0 Å². The SMILES string of the molecule is CC(C)(C#N)[NH+]1CCN(c2ccc(F)cc2)CC1. The number of rotatable bonds is 2. The van der Waals surface area contributed by atoms with E-state index in [0.29, 0.717) is 0 Å². The number of nitrogens with one attached hydrogen (secondary N) is 1. The summed E-state index contributed by atoms with van der Waals surface area (Å²) >= 11 is 0. The molecule has 1 aromatic rings. The molecule has 1 aliphatic heterocycles. The topological polar surface area (TPSA) is 31.5 Å². The normalized spacial score (nSPS) is 17.6. The van der Waals surface area contributed by atoms with Crippen LogP contribution in [-0.4, -0.2) is 31.7 Å². The second-order valence-electron chi connectivity index (χ2n) is 5.30. The van der Waals surface area contributed by atoms with Gasteiger partial charge < -0.3 is 9.80 Å². The molecule has 0 aromatic heterocycles. The fraction of sp³-hybridized carbons (Fsp3) is 0.500. The Balaban J connectivity index is 1.99. The van der Waals surface area contributed by atoms with E-state index in [1.54, 1.807) is 0 Å². The minimum atomic E-state index is -0.325. The molecule has 0 aliphatic carbocycles. The van der Waals surface area contributed by atoms with Crippen LogP contribution in [0.5, 0.6) is 0 Å². The summed E-state index contributed by atoms with van der Waals surface area (Å²) in [5.41, 5.74) is 0.736. The standard InChI is InChI=1S/C14H18FN3/c1-14(2,11-16)18-9-7-17(8-10-18)13-5-3-12(15)4-6-13/h3-6H,7-10H2,1-2H3/p+1. The second kappa shape index (κ2) is 4.95. The highest BCUT2D eigenvalue weighted by atomic mass is 19.1. The minimum Gasteiger partial charge on any atom is -0.360 e. The molecule has 1 heterocycles. The monoisotopic (exact) mass is 248 g/mol. The first kappa shape index (κ1) is 12.8. The Bertz CT molecular complexity index is 439. The van der Waals surface area contributed by atoms with Crippen molar-refractivity contribution in [3.63, 3.8) is 0 Å². The van der Waals surface area contributed by atoms with Crippen LogP contribution in [0, 0.1) is 17.1 Å². The molecule has 0 radical (unpaired) electrons. The molecule has 1 N–H and O–H groups in total. The summed E-state index contributed by atoms with van der Waals surface area (Å²) < 4.78 is 12.9. The lowest BCUT2D eigenvalue weighted by Gasteiger charge is -2.38. The molecule has 0 saturated carbocycles. The number of piperazine rings is 1. The van der Waals surface area contributed by atoms with Gasteiger partial charge in [-0.15, -0.1) is 0 Å². The maximum Gasteiger partial charge on any atom is 0.179 e. The Morgan fingerprint density at radius 1 is 1.22 bits per heavy atom. The van der Waals surface area contributed by atoms with Crippen LogP contribution in [0.3, 0.4) is 0 Å². The fourth-order valence-corrected chi connectivity index (χ4v) is 2.39. The van der Waals surface area contributed by atoms with E-state index < -0.39 is 0 Å². The van der Waals surface area contributed by atoms with Gasteiger partial charge in [0.25, 0.3) is 0 Å². The Labute approximate surface area is 107 Å². The van der Waals surface area contributed by atoms with Gasteiger partial charge in [0, 0.05) is 19.5 Å². The molecular formula is C14H19FN3+. The van der Waals surface area contributed by atoms with Crippen LogP contribution in [0.4, 0.5) is 10.1 Å². The Morgan fingerprint density at radius 2 is 1.78 bits per heavy atom. The summed E-state index contributed by atoms with van der Waals surface area (Å²) in [6.07, 6.45) is 0. The number of hydrogen-bond donors (Lipinski definition) is 1. The van der Waals surface area contributed by atoms with Gasteiger partial charge in [-0.05, 0) is 24.3 Å². The van der Waals surface area contributed by atoms with E-state index in [4.69, 9.17) is 5.26 Å². The van der Waals surface area contributed by atoms with E-state index in [1.165, 1.54) is 17.0 Å². The van der Waals surface area contributed by atoms with Gasteiger partial charge in [0.15, 0.2) is 5.54 Å². The lowest BCUT2D eigenvalue weighted by molar-refractivity contribution is -0.939. The third kappa shape index (κ3) is 2.62. The number of hydrogen-bond acceptors (Lipinski definition) is 2. The molecule has 0 spiro atoms. The smallest absolute Gasteiger partial charge is 0.179 e. The first-order chi connectivity index (χ1) is 8.53. The number of anilines is 1. The van der Waals surface area contributed by atoms with Crippen LogP contribution in [0.1, 0.15) is 13.8 Å². The van der Waals surface area contributed by atoms with Gasteiger partial charge in [0.2, 0.25) is 0 Å². The molecular weight excluding hydrogens is 229 g/mol. The largest absolute Gasteiger partial charge is 0.360 e. The molecule has 0 bridgehead atoms. The maximum absolute atomic E-state index is 12.9. The number of benzene rings is 1. The van der Waals surface area contributed by atoms with Crippen molar-refractivity contribution in [2.75, 3.05) is 31.1 Å². The van der Waals surface area contributed by atoms with Gasteiger partial charge in [-0.3, -0.25) is 0 Å². The van der Waals surface area contributed by atoms with Gasteiger partial charge in [-0.2, -0.15) is 5.26 Å². The zero-order chi connectivity index (χ0) is 13.2. The van der Waals surface area contributed by atoms with Crippen molar-refractivity contribution >= 4 is 5.69 Å². The highest BCUT2D eigenvalue weighted by Gasteiger charge is 2.33. The number of halogens is 1. The molecule has 2 rings (SSSR count). The van der Waals surface area contributed by atoms with Gasteiger partial charge in [-0.25, -0.2) is 4.39 Å². The van der Waals surface area contributed by atoms with Crippen molar-refractivity contribution in [3.05, 3.63) is 30.1 Å². The summed E-state index contributed by atoms with van der Waals surface area (Å²) in [6, 6.07) is 8.99. The highest BCUT2D eigenvalue weighted by Crippen LogP contribution is 2.14. The molecule has 4 heteroatoms. The van der Waals surface area contributed by atoms with Crippen LogP contribution in [0.15, 0.2) is 24.3 Å². The zero-order valence-corrected chi connectivity index (χ0v) is 10.9. The summed E-state index contributed by atoms with van der Waals surface area (Å²) in [6.45, 7) is 7.67. The first-order valence-corrected chi connectivity index (χ1v) is 6.30. The molecule has 0 amide bonds. The van der Waals surface area contributed by atoms with E-state index in [9.17, 15) is 4.39 Å². The molecule has 96 valence electrons. The average Bonchev–Trinajstić information content (AvgIpc) is 2.40. The number of nitrogens with zero attached hydrogens (tertiary/aromatic N) is 2. The van der Waals surface area contributed by atoms with Gasteiger partial charge in [0.1, 0.15) is 11.9 Å². The summed E-state index contributed by atoms with van der Waals surface area (Å²) in [7, 11) is 0. The van der Waals surface area contributed by atoms with Gasteiger partial charge in [-0.1, -0.05) is 0 Å². The lowest BCUT2D eigenvalue weighted by Crippen LogP contribution is -3.21. The van der Waals surface area contributed by atoms with Gasteiger partial charge >= 0.3 is 0 Å². The van der Waals surface area contributed by atoms with E-state index >= 15 is 0 Å². The maximum atomic E-state index is 12.9. The molecule has 1 aromatic carbocycles. The molecule has 1 aliphatic rings. The summed E-state index contributed by atoms with van der Waals surface area (Å²) in [4.78, 5) is 3.57. The molecule has 0 unspecified atom stereocenters. The highest BCUT2D eigenvalue weighted by molar-refractivity contribution is 5.46. The van der Waals surface area contributed by atoms with Crippen molar-refractivity contribution < 1.29 is 9.29 Å². The third-order valence-corrected chi connectivity index (χ3v) is 3.72. The molecule has 1 fully saturated rings. The zero-order valence-electron chi connectivity index (χ0n) is 10.9. The Morgan fingerprint density at radius 3 is 2.28 bits per heavy atom. The molecule has 18 heavy (non-hydrogen) atoms. The van der Waals surface area contributed by atoms with E-state index in [0.717, 1.165) is 31.9 Å². The second-order valence-corrected chi connectivity index (χ2v) is 5.30. The first-order valence-electron chi connectivity index (χ1n) is 6.30. The van der Waals surface area contributed by atoms with Crippen molar-refractivity contribution in [2.24, 2.45) is 0 Å². The predicted molar refractivity (Wildman–Crippen MR) is 69.0 cm³/mol. The van der Waals surface area contributed by atoms with Crippen LogP contribution >= 0.6 is 0 Å².